The van der Waals surface area contributed by atoms with Crippen LogP contribution in [-0.2, 0) is 0 Å². The van der Waals surface area contributed by atoms with E-state index in [1.165, 1.54) is 11.5 Å². The third-order valence-electron chi connectivity index (χ3n) is 0.949. The minimum absolute atomic E-state index is 0.670. The number of rotatable bonds is 6. The van der Waals surface area contributed by atoms with Crippen molar-refractivity contribution in [2.45, 2.75) is 0 Å². The molecule has 10 heavy (non-hydrogen) atoms. The van der Waals surface area contributed by atoms with E-state index in [0.29, 0.717) is 6.54 Å². The zero-order valence-electron chi connectivity index (χ0n) is 6.38. The van der Waals surface area contributed by atoms with Gasteiger partial charge in [-0.1, -0.05) is 12.2 Å². The van der Waals surface area contributed by atoms with E-state index in [0.717, 1.165) is 5.75 Å². The van der Waals surface area contributed by atoms with E-state index in [-0.39, 0.29) is 0 Å². The molecule has 0 aromatic rings. The van der Waals surface area contributed by atoms with Gasteiger partial charge in [0.2, 0.25) is 0 Å². The zero-order chi connectivity index (χ0) is 7.66. The summed E-state index contributed by atoms with van der Waals surface area (Å²) in [6, 6.07) is 0. The Morgan fingerprint density at radius 1 is 1.30 bits per heavy atom. The average Bonchev–Trinajstić information content (AvgIpc) is 1.97. The van der Waals surface area contributed by atoms with Gasteiger partial charge < -0.3 is 5.73 Å². The fourth-order valence-electron chi connectivity index (χ4n) is 0.458. The van der Waals surface area contributed by atoms with Crippen LogP contribution in [0.3, 0.4) is 0 Å². The summed E-state index contributed by atoms with van der Waals surface area (Å²) in [6.07, 6.45) is 6.27. The van der Waals surface area contributed by atoms with Crippen LogP contribution in [0.25, 0.3) is 0 Å². The molecule has 0 aromatic heterocycles. The van der Waals surface area contributed by atoms with Crippen LogP contribution in [0.4, 0.5) is 0 Å². The van der Waals surface area contributed by atoms with Crippen molar-refractivity contribution in [1.82, 2.24) is 0 Å². The summed E-state index contributed by atoms with van der Waals surface area (Å²) in [4.78, 5) is 0. The first kappa shape index (κ1) is 10.4. The summed E-state index contributed by atoms with van der Waals surface area (Å²) in [5, 5.41) is 0. The predicted molar refractivity (Wildman–Crippen MR) is 53.9 cm³/mol. The summed E-state index contributed by atoms with van der Waals surface area (Å²) in [6.45, 7) is 0.670. The molecule has 0 fully saturated rings. The quantitative estimate of drug-likeness (QED) is 0.493. The van der Waals surface area contributed by atoms with Crippen molar-refractivity contribution < 1.29 is 0 Å². The van der Waals surface area contributed by atoms with Gasteiger partial charge in [0.15, 0.2) is 0 Å². The minimum atomic E-state index is 0.670. The molecule has 0 radical (unpaired) electrons. The molecule has 0 amide bonds. The molecule has 0 saturated carbocycles. The highest BCUT2D eigenvalue weighted by molar-refractivity contribution is 8.02. The van der Waals surface area contributed by atoms with Gasteiger partial charge in [0.1, 0.15) is 0 Å². The molecule has 3 heteroatoms. The van der Waals surface area contributed by atoms with Crippen LogP contribution in [-0.4, -0.2) is 30.1 Å². The average molecular weight is 177 g/mol. The lowest BCUT2D eigenvalue weighted by molar-refractivity contribution is 1.25. The lowest BCUT2D eigenvalue weighted by Gasteiger charge is -1.93. The molecule has 0 heterocycles. The molecule has 2 N–H and O–H groups in total. The summed E-state index contributed by atoms with van der Waals surface area (Å²) in [5.41, 5.74) is 5.27. The molecule has 0 unspecified atom stereocenters. The second-order valence-corrected chi connectivity index (χ2v) is 3.91. The van der Waals surface area contributed by atoms with E-state index in [1.54, 1.807) is 0 Å². The van der Waals surface area contributed by atoms with Crippen LogP contribution >= 0.6 is 23.5 Å². The van der Waals surface area contributed by atoms with Crippen LogP contribution in [0.2, 0.25) is 0 Å². The first-order chi connectivity index (χ1) is 4.91. The van der Waals surface area contributed by atoms with Gasteiger partial charge in [-0.05, 0) is 6.26 Å². The van der Waals surface area contributed by atoms with E-state index < -0.39 is 0 Å². The first-order valence-electron chi connectivity index (χ1n) is 3.33. The molecule has 60 valence electrons. The second-order valence-electron chi connectivity index (χ2n) is 1.77. The van der Waals surface area contributed by atoms with E-state index in [1.807, 2.05) is 29.6 Å². The van der Waals surface area contributed by atoms with E-state index in [9.17, 15) is 0 Å². The lowest BCUT2D eigenvalue weighted by atomic mass is 10.5. The minimum Gasteiger partial charge on any atom is -0.327 e. The van der Waals surface area contributed by atoms with Crippen LogP contribution in [0, 0.1) is 0 Å². The molecule has 0 aliphatic carbocycles. The Morgan fingerprint density at radius 2 is 2.10 bits per heavy atom. The molecule has 0 atom stereocenters. The molecule has 0 aliphatic rings. The molecular formula is C7H15NS2. The molecule has 0 bridgehead atoms. The van der Waals surface area contributed by atoms with Gasteiger partial charge in [-0.15, -0.1) is 0 Å². The lowest BCUT2D eigenvalue weighted by Crippen LogP contribution is -1.92. The highest BCUT2D eigenvalue weighted by Crippen LogP contribution is 2.03. The van der Waals surface area contributed by atoms with Gasteiger partial charge in [-0.3, -0.25) is 0 Å². The van der Waals surface area contributed by atoms with Gasteiger partial charge in [-0.25, -0.2) is 0 Å². The summed E-state index contributed by atoms with van der Waals surface area (Å²) >= 11 is 3.85. The molecule has 1 nitrogen and oxygen atoms in total. The van der Waals surface area contributed by atoms with E-state index in [4.69, 9.17) is 5.73 Å². The van der Waals surface area contributed by atoms with Gasteiger partial charge in [0.05, 0.1) is 0 Å². The smallest absolute Gasteiger partial charge is 0.0114 e. The molecular weight excluding hydrogens is 162 g/mol. The fraction of sp³-hybridized carbons (Fsp3) is 0.714. The maximum Gasteiger partial charge on any atom is 0.0114 e. The van der Waals surface area contributed by atoms with Crippen molar-refractivity contribution in [3.63, 3.8) is 0 Å². The Kier molecular flexibility index (Phi) is 9.78. The number of nitrogens with two attached hydrogens (primary N) is 1. The Morgan fingerprint density at radius 3 is 2.70 bits per heavy atom. The van der Waals surface area contributed by atoms with Crippen LogP contribution in [0.5, 0.6) is 0 Å². The maximum atomic E-state index is 5.27. The second kappa shape index (κ2) is 9.40. The molecule has 0 saturated heterocycles. The van der Waals surface area contributed by atoms with Gasteiger partial charge in [0.25, 0.3) is 0 Å². The molecule has 0 rings (SSSR count). The molecule has 0 aliphatic heterocycles. The molecule has 0 aromatic carbocycles. The van der Waals surface area contributed by atoms with Crippen molar-refractivity contribution in [3.05, 3.63) is 12.2 Å². The van der Waals surface area contributed by atoms with Crippen LogP contribution in [0.15, 0.2) is 12.2 Å². The highest BCUT2D eigenvalue weighted by atomic mass is 32.2. The monoisotopic (exact) mass is 177 g/mol. The third-order valence-corrected chi connectivity index (χ3v) is 2.74. The highest BCUT2D eigenvalue weighted by Gasteiger charge is 1.82. The summed E-state index contributed by atoms with van der Waals surface area (Å²) in [5.74, 6) is 3.61. The van der Waals surface area contributed by atoms with E-state index >= 15 is 0 Å². The number of thioether (sulfide) groups is 2. The number of hydrogen-bond donors (Lipinski definition) is 1. The summed E-state index contributed by atoms with van der Waals surface area (Å²) < 4.78 is 0. The first-order valence-corrected chi connectivity index (χ1v) is 5.88. The van der Waals surface area contributed by atoms with Crippen molar-refractivity contribution in [2.75, 3.05) is 30.1 Å². The SMILES string of the molecule is CSCCSC/C=C/CN. The predicted octanol–water partition coefficient (Wildman–Crippen LogP) is 1.60. The molecule has 0 spiro atoms. The standard InChI is InChI=1S/C7H15NS2/c1-9-6-7-10-5-3-2-4-8/h2-3H,4-8H2,1H3/b3-2+. The Hall–Kier alpha value is 0.400. The third kappa shape index (κ3) is 8.40. The van der Waals surface area contributed by atoms with Gasteiger partial charge in [0, 0.05) is 23.8 Å². The maximum absolute atomic E-state index is 5.27. The van der Waals surface area contributed by atoms with Crippen molar-refractivity contribution in [1.29, 1.82) is 0 Å². The van der Waals surface area contributed by atoms with Crippen LogP contribution in [0.1, 0.15) is 0 Å². The fourth-order valence-corrected chi connectivity index (χ4v) is 2.03. The Labute approximate surface area is 71.8 Å². The van der Waals surface area contributed by atoms with Crippen molar-refractivity contribution in [3.8, 4) is 0 Å². The van der Waals surface area contributed by atoms with Crippen LogP contribution < -0.4 is 5.73 Å². The van der Waals surface area contributed by atoms with Gasteiger partial charge in [-0.2, -0.15) is 23.5 Å². The van der Waals surface area contributed by atoms with Gasteiger partial charge >= 0.3 is 0 Å². The van der Waals surface area contributed by atoms with Crippen molar-refractivity contribution >= 4 is 23.5 Å². The van der Waals surface area contributed by atoms with E-state index in [2.05, 4.69) is 12.3 Å². The largest absolute Gasteiger partial charge is 0.327 e. The topological polar surface area (TPSA) is 26.0 Å². The zero-order valence-corrected chi connectivity index (χ0v) is 8.01. The van der Waals surface area contributed by atoms with Crippen molar-refractivity contribution in [2.24, 2.45) is 5.73 Å². The summed E-state index contributed by atoms with van der Waals surface area (Å²) in [7, 11) is 0. The number of hydrogen-bond acceptors (Lipinski definition) is 3. The normalized spacial score (nSPS) is 11.0. The Balaban J connectivity index is 2.83. The Bertz CT molecular complexity index is 83.7.